The van der Waals surface area contributed by atoms with Crippen LogP contribution in [0.5, 0.6) is 5.75 Å². The minimum atomic E-state index is -0.994. The summed E-state index contributed by atoms with van der Waals surface area (Å²) in [5, 5.41) is 11.2. The summed E-state index contributed by atoms with van der Waals surface area (Å²) < 4.78 is 5.92. The molecule has 0 radical (unpaired) electrons. The van der Waals surface area contributed by atoms with Gasteiger partial charge in [-0.15, -0.1) is 0 Å². The lowest BCUT2D eigenvalue weighted by Crippen LogP contribution is -2.32. The van der Waals surface area contributed by atoms with Crippen molar-refractivity contribution in [1.82, 2.24) is 0 Å². The number of carboxylic acid groups (broad SMARTS) is 1. The minimum absolute atomic E-state index is 0.265. The third kappa shape index (κ3) is 4.70. The Morgan fingerprint density at radius 1 is 1.17 bits per heavy atom. The Hall–Kier alpha value is -2.07. The van der Waals surface area contributed by atoms with Gasteiger partial charge in [-0.2, -0.15) is 0 Å². The first kappa shape index (κ1) is 17.3. The van der Waals surface area contributed by atoms with E-state index in [4.69, 9.17) is 15.6 Å². The molecule has 0 bridgehead atoms. The van der Waals surface area contributed by atoms with Gasteiger partial charge < -0.3 is 15.6 Å². The van der Waals surface area contributed by atoms with Crippen LogP contribution in [0.4, 0.5) is 0 Å². The van der Waals surface area contributed by atoms with Gasteiger partial charge in [-0.3, -0.25) is 4.79 Å². The highest BCUT2D eigenvalue weighted by molar-refractivity contribution is 5.88. The zero-order valence-electron chi connectivity index (χ0n) is 13.6. The quantitative estimate of drug-likeness (QED) is 0.691. The molecule has 124 valence electrons. The Labute approximate surface area is 137 Å². The number of benzene rings is 2. The normalized spacial score (nSPS) is 12.3. The van der Waals surface area contributed by atoms with Crippen molar-refractivity contribution in [3.05, 3.63) is 42.0 Å². The molecule has 1 atom stereocenters. The number of rotatable bonds is 9. The summed E-state index contributed by atoms with van der Waals surface area (Å²) in [6.07, 6.45) is 4.81. The molecule has 0 aromatic heterocycles. The van der Waals surface area contributed by atoms with Gasteiger partial charge in [0.15, 0.2) is 0 Å². The Kier molecular flexibility index (Phi) is 6.41. The molecular weight excluding hydrogens is 290 g/mol. The number of unbranched alkanes of at least 4 members (excludes halogenated alkanes) is 3. The molecule has 0 aliphatic heterocycles. The molecule has 0 spiro atoms. The molecule has 2 aromatic rings. The maximum atomic E-state index is 11.1. The lowest BCUT2D eigenvalue weighted by Gasteiger charge is -2.16. The third-order valence-electron chi connectivity index (χ3n) is 3.99. The molecule has 0 heterocycles. The van der Waals surface area contributed by atoms with Crippen LogP contribution in [0.1, 0.15) is 38.2 Å². The van der Waals surface area contributed by atoms with Crippen molar-refractivity contribution in [3.8, 4) is 5.75 Å². The fourth-order valence-corrected chi connectivity index (χ4v) is 2.68. The molecule has 0 aliphatic carbocycles. The summed E-state index contributed by atoms with van der Waals surface area (Å²) in [7, 11) is 0. The second kappa shape index (κ2) is 8.53. The van der Waals surface area contributed by atoms with Crippen LogP contribution in [-0.4, -0.2) is 23.7 Å². The predicted molar refractivity (Wildman–Crippen MR) is 92.9 cm³/mol. The second-order valence-electron chi connectivity index (χ2n) is 5.82. The Morgan fingerprint density at radius 3 is 2.70 bits per heavy atom. The standard InChI is InChI=1S/C19H25NO3/c1-2-3-4-7-12-23-18-11-10-14-8-5-6-9-15(14)16(18)13-17(20)19(21)22/h5-6,8-11,17H,2-4,7,12-13,20H2,1H3,(H,21,22). The van der Waals surface area contributed by atoms with Crippen molar-refractivity contribution in [1.29, 1.82) is 0 Å². The average Bonchev–Trinajstić information content (AvgIpc) is 2.56. The summed E-state index contributed by atoms with van der Waals surface area (Å²) in [6.45, 7) is 2.82. The Bertz CT molecular complexity index is 654. The van der Waals surface area contributed by atoms with E-state index in [9.17, 15) is 4.79 Å². The molecule has 0 aliphatic rings. The van der Waals surface area contributed by atoms with Gasteiger partial charge >= 0.3 is 5.97 Å². The van der Waals surface area contributed by atoms with Gasteiger partial charge in [0, 0.05) is 12.0 Å². The fourth-order valence-electron chi connectivity index (χ4n) is 2.68. The SMILES string of the molecule is CCCCCCOc1ccc2ccccc2c1CC(N)C(=O)O. The first-order valence-electron chi connectivity index (χ1n) is 8.25. The van der Waals surface area contributed by atoms with Crippen molar-refractivity contribution < 1.29 is 14.6 Å². The Balaban J connectivity index is 2.22. The number of ether oxygens (including phenoxy) is 1. The lowest BCUT2D eigenvalue weighted by atomic mass is 9.98. The second-order valence-corrected chi connectivity index (χ2v) is 5.82. The maximum Gasteiger partial charge on any atom is 0.320 e. The van der Waals surface area contributed by atoms with Crippen molar-refractivity contribution in [2.45, 2.75) is 45.1 Å². The van der Waals surface area contributed by atoms with Gasteiger partial charge in [-0.1, -0.05) is 56.5 Å². The monoisotopic (exact) mass is 315 g/mol. The Morgan fingerprint density at radius 2 is 1.96 bits per heavy atom. The van der Waals surface area contributed by atoms with Crippen LogP contribution in [0.15, 0.2) is 36.4 Å². The molecule has 2 rings (SSSR count). The number of carboxylic acids is 1. The van der Waals surface area contributed by atoms with E-state index in [2.05, 4.69) is 6.92 Å². The summed E-state index contributed by atoms with van der Waals surface area (Å²) in [4.78, 5) is 11.1. The topological polar surface area (TPSA) is 72.5 Å². The molecular formula is C19H25NO3. The highest BCUT2D eigenvalue weighted by atomic mass is 16.5. The number of fused-ring (bicyclic) bond motifs is 1. The van der Waals surface area contributed by atoms with E-state index in [1.807, 2.05) is 36.4 Å². The zero-order chi connectivity index (χ0) is 16.7. The van der Waals surface area contributed by atoms with Crippen LogP contribution >= 0.6 is 0 Å². The van der Waals surface area contributed by atoms with Crippen LogP contribution in [0, 0.1) is 0 Å². The number of aliphatic carboxylic acids is 1. The highest BCUT2D eigenvalue weighted by Crippen LogP contribution is 2.29. The van der Waals surface area contributed by atoms with Gasteiger partial charge in [0.1, 0.15) is 11.8 Å². The van der Waals surface area contributed by atoms with E-state index in [1.54, 1.807) is 0 Å². The van der Waals surface area contributed by atoms with Crippen molar-refractivity contribution in [3.63, 3.8) is 0 Å². The molecule has 0 saturated heterocycles. The minimum Gasteiger partial charge on any atom is -0.493 e. The van der Waals surface area contributed by atoms with Crippen molar-refractivity contribution >= 4 is 16.7 Å². The average molecular weight is 315 g/mol. The first-order chi connectivity index (χ1) is 11.1. The van der Waals surface area contributed by atoms with Gasteiger partial charge in [-0.25, -0.2) is 0 Å². The van der Waals surface area contributed by atoms with Gasteiger partial charge in [0.2, 0.25) is 0 Å². The molecule has 4 nitrogen and oxygen atoms in total. The first-order valence-corrected chi connectivity index (χ1v) is 8.25. The molecule has 0 amide bonds. The molecule has 23 heavy (non-hydrogen) atoms. The van der Waals surface area contributed by atoms with Gasteiger partial charge in [0.05, 0.1) is 6.61 Å². The molecule has 2 aromatic carbocycles. The summed E-state index contributed by atoms with van der Waals surface area (Å²) in [6, 6.07) is 10.9. The van der Waals surface area contributed by atoms with Crippen LogP contribution in [-0.2, 0) is 11.2 Å². The summed E-state index contributed by atoms with van der Waals surface area (Å²) in [5.41, 5.74) is 6.63. The van der Waals surface area contributed by atoms with E-state index in [0.29, 0.717) is 6.61 Å². The predicted octanol–water partition coefficient (Wildman–Crippen LogP) is 3.75. The molecule has 1 unspecified atom stereocenters. The maximum absolute atomic E-state index is 11.1. The highest BCUT2D eigenvalue weighted by Gasteiger charge is 2.17. The zero-order valence-corrected chi connectivity index (χ0v) is 13.6. The van der Waals surface area contributed by atoms with Gasteiger partial charge in [0.25, 0.3) is 0 Å². The molecule has 0 saturated carbocycles. The van der Waals surface area contributed by atoms with Crippen LogP contribution in [0.25, 0.3) is 10.8 Å². The van der Waals surface area contributed by atoms with E-state index < -0.39 is 12.0 Å². The summed E-state index contributed by atoms with van der Waals surface area (Å²) in [5.74, 6) is -0.247. The fraction of sp³-hybridized carbons (Fsp3) is 0.421. The van der Waals surface area contributed by atoms with Crippen molar-refractivity contribution in [2.24, 2.45) is 5.73 Å². The van der Waals surface area contributed by atoms with E-state index >= 15 is 0 Å². The van der Waals surface area contributed by atoms with E-state index in [-0.39, 0.29) is 6.42 Å². The van der Waals surface area contributed by atoms with Crippen molar-refractivity contribution in [2.75, 3.05) is 6.61 Å². The number of hydrogen-bond donors (Lipinski definition) is 2. The lowest BCUT2D eigenvalue weighted by molar-refractivity contribution is -0.138. The van der Waals surface area contributed by atoms with Crippen LogP contribution in [0.3, 0.4) is 0 Å². The van der Waals surface area contributed by atoms with E-state index in [1.165, 1.54) is 12.8 Å². The van der Waals surface area contributed by atoms with Crippen LogP contribution in [0.2, 0.25) is 0 Å². The number of hydrogen-bond acceptors (Lipinski definition) is 3. The molecule has 0 fully saturated rings. The van der Waals surface area contributed by atoms with Gasteiger partial charge in [-0.05, 0) is 23.3 Å². The summed E-state index contributed by atoms with van der Waals surface area (Å²) >= 11 is 0. The smallest absolute Gasteiger partial charge is 0.320 e. The molecule has 4 heteroatoms. The van der Waals surface area contributed by atoms with Crippen LogP contribution < -0.4 is 10.5 Å². The molecule has 3 N–H and O–H groups in total. The van der Waals surface area contributed by atoms with E-state index in [0.717, 1.165) is 34.9 Å². The number of carbonyl (C=O) groups is 1. The largest absolute Gasteiger partial charge is 0.493 e. The third-order valence-corrected chi connectivity index (χ3v) is 3.99. The number of nitrogens with two attached hydrogens (primary N) is 1.